The molecule has 2 aromatic heterocycles. The van der Waals surface area contributed by atoms with Gasteiger partial charge in [-0.25, -0.2) is 9.97 Å². The molecule has 4 rings (SSSR count). The summed E-state index contributed by atoms with van der Waals surface area (Å²) in [5.41, 5.74) is 3.51. The fourth-order valence-corrected chi connectivity index (χ4v) is 3.45. The molecule has 1 fully saturated rings. The zero-order chi connectivity index (χ0) is 17.9. The Labute approximate surface area is 153 Å². The SMILES string of the molecule is CC(C)c1cnc(NC2COCC2Cc2ccnc3ccccc23)nc1. The number of pyridine rings is 1. The summed E-state index contributed by atoms with van der Waals surface area (Å²) in [6.45, 7) is 5.72. The number of rotatable bonds is 5. The molecular weight excluding hydrogens is 324 g/mol. The first kappa shape index (κ1) is 16.9. The predicted octanol–water partition coefficient (Wildman–Crippen LogP) is 3.82. The van der Waals surface area contributed by atoms with Crippen molar-refractivity contribution in [2.45, 2.75) is 32.2 Å². The van der Waals surface area contributed by atoms with Crippen LogP contribution in [0.5, 0.6) is 0 Å². The van der Waals surface area contributed by atoms with E-state index in [0.717, 1.165) is 24.1 Å². The summed E-state index contributed by atoms with van der Waals surface area (Å²) in [5, 5.41) is 4.68. The molecule has 1 N–H and O–H groups in total. The predicted molar refractivity (Wildman–Crippen MR) is 103 cm³/mol. The van der Waals surface area contributed by atoms with Crippen LogP contribution in [-0.2, 0) is 11.2 Å². The third-order valence-electron chi connectivity index (χ3n) is 5.07. The first-order valence-electron chi connectivity index (χ1n) is 9.19. The second kappa shape index (κ2) is 7.38. The van der Waals surface area contributed by atoms with E-state index in [1.54, 1.807) is 0 Å². The van der Waals surface area contributed by atoms with Gasteiger partial charge in [-0.1, -0.05) is 32.0 Å². The van der Waals surface area contributed by atoms with Gasteiger partial charge in [-0.2, -0.15) is 0 Å². The van der Waals surface area contributed by atoms with Crippen molar-refractivity contribution in [3.8, 4) is 0 Å². The molecule has 1 saturated heterocycles. The summed E-state index contributed by atoms with van der Waals surface area (Å²) in [6.07, 6.45) is 6.65. The minimum absolute atomic E-state index is 0.215. The van der Waals surface area contributed by atoms with E-state index in [9.17, 15) is 0 Å². The number of ether oxygens (including phenoxy) is 1. The molecule has 26 heavy (non-hydrogen) atoms. The Bertz CT molecular complexity index is 873. The highest BCUT2D eigenvalue weighted by Gasteiger charge is 2.29. The standard InChI is InChI=1S/C21H24N4O/c1-14(2)17-10-23-21(24-11-17)25-20-13-26-12-16(20)9-15-7-8-22-19-6-4-3-5-18(15)19/h3-8,10-11,14,16,20H,9,12-13H2,1-2H3,(H,23,24,25). The maximum Gasteiger partial charge on any atom is 0.222 e. The number of aromatic nitrogens is 3. The molecule has 0 aliphatic carbocycles. The third-order valence-corrected chi connectivity index (χ3v) is 5.07. The van der Waals surface area contributed by atoms with Crippen LogP contribution in [0.2, 0.25) is 0 Å². The topological polar surface area (TPSA) is 59.9 Å². The van der Waals surface area contributed by atoms with E-state index in [-0.39, 0.29) is 6.04 Å². The number of nitrogens with zero attached hydrogens (tertiary/aromatic N) is 3. The van der Waals surface area contributed by atoms with Crippen LogP contribution in [0, 0.1) is 5.92 Å². The number of benzene rings is 1. The van der Waals surface area contributed by atoms with Crippen molar-refractivity contribution in [1.29, 1.82) is 0 Å². The molecule has 0 spiro atoms. The smallest absolute Gasteiger partial charge is 0.222 e. The second-order valence-corrected chi connectivity index (χ2v) is 7.23. The van der Waals surface area contributed by atoms with Gasteiger partial charge in [0.25, 0.3) is 0 Å². The number of nitrogens with one attached hydrogen (secondary N) is 1. The molecule has 2 unspecified atom stereocenters. The number of para-hydroxylation sites is 1. The Balaban J connectivity index is 1.49. The van der Waals surface area contributed by atoms with Gasteiger partial charge >= 0.3 is 0 Å². The van der Waals surface area contributed by atoms with Gasteiger partial charge in [0.2, 0.25) is 5.95 Å². The van der Waals surface area contributed by atoms with Crippen molar-refractivity contribution in [1.82, 2.24) is 15.0 Å². The van der Waals surface area contributed by atoms with Crippen LogP contribution < -0.4 is 5.32 Å². The quantitative estimate of drug-likeness (QED) is 0.759. The highest BCUT2D eigenvalue weighted by atomic mass is 16.5. The molecule has 2 atom stereocenters. The Kier molecular flexibility index (Phi) is 4.80. The van der Waals surface area contributed by atoms with Gasteiger partial charge < -0.3 is 10.1 Å². The van der Waals surface area contributed by atoms with Crippen LogP contribution in [0.4, 0.5) is 5.95 Å². The zero-order valence-electron chi connectivity index (χ0n) is 15.2. The molecule has 1 aliphatic rings. The van der Waals surface area contributed by atoms with Crippen LogP contribution in [-0.4, -0.2) is 34.2 Å². The molecule has 5 heteroatoms. The van der Waals surface area contributed by atoms with E-state index < -0.39 is 0 Å². The van der Waals surface area contributed by atoms with Crippen molar-refractivity contribution < 1.29 is 4.74 Å². The molecule has 1 aliphatic heterocycles. The molecule has 0 radical (unpaired) electrons. The maximum absolute atomic E-state index is 5.75. The Morgan fingerprint density at radius 1 is 1.08 bits per heavy atom. The molecule has 5 nitrogen and oxygen atoms in total. The minimum Gasteiger partial charge on any atom is -0.379 e. The summed E-state index contributed by atoms with van der Waals surface area (Å²) in [5.74, 6) is 1.50. The lowest BCUT2D eigenvalue weighted by Gasteiger charge is -2.20. The fraction of sp³-hybridized carbons (Fsp3) is 0.381. The van der Waals surface area contributed by atoms with Crippen molar-refractivity contribution >= 4 is 16.9 Å². The summed E-state index contributed by atoms with van der Waals surface area (Å²) < 4.78 is 5.75. The third kappa shape index (κ3) is 3.53. The monoisotopic (exact) mass is 348 g/mol. The van der Waals surface area contributed by atoms with Crippen LogP contribution in [0.1, 0.15) is 30.9 Å². The Morgan fingerprint density at radius 2 is 1.88 bits per heavy atom. The van der Waals surface area contributed by atoms with Gasteiger partial charge in [0.1, 0.15) is 0 Å². The summed E-state index contributed by atoms with van der Waals surface area (Å²) >= 11 is 0. The van der Waals surface area contributed by atoms with Gasteiger partial charge in [-0.05, 0) is 35.6 Å². The highest BCUT2D eigenvalue weighted by molar-refractivity contribution is 5.81. The normalized spacial score (nSPS) is 20.0. The number of fused-ring (bicyclic) bond motifs is 1. The fourth-order valence-electron chi connectivity index (χ4n) is 3.45. The zero-order valence-corrected chi connectivity index (χ0v) is 15.2. The van der Waals surface area contributed by atoms with Crippen molar-refractivity contribution in [2.24, 2.45) is 5.92 Å². The van der Waals surface area contributed by atoms with Crippen LogP contribution in [0.15, 0.2) is 48.9 Å². The number of hydrogen-bond donors (Lipinski definition) is 1. The minimum atomic E-state index is 0.215. The maximum atomic E-state index is 5.75. The van der Waals surface area contributed by atoms with Gasteiger partial charge in [0.05, 0.1) is 24.8 Å². The average molecular weight is 348 g/mol. The molecule has 0 bridgehead atoms. The molecule has 3 aromatic rings. The van der Waals surface area contributed by atoms with E-state index in [2.05, 4.69) is 58.4 Å². The van der Waals surface area contributed by atoms with Gasteiger partial charge in [0.15, 0.2) is 0 Å². The summed E-state index contributed by atoms with van der Waals surface area (Å²) in [7, 11) is 0. The van der Waals surface area contributed by atoms with Crippen molar-refractivity contribution in [3.63, 3.8) is 0 Å². The van der Waals surface area contributed by atoms with E-state index in [4.69, 9.17) is 4.74 Å². The number of anilines is 1. The molecule has 0 saturated carbocycles. The lowest BCUT2D eigenvalue weighted by atomic mass is 9.93. The second-order valence-electron chi connectivity index (χ2n) is 7.23. The van der Waals surface area contributed by atoms with Gasteiger partial charge in [-0.15, -0.1) is 0 Å². The largest absolute Gasteiger partial charge is 0.379 e. The van der Waals surface area contributed by atoms with E-state index in [0.29, 0.717) is 24.4 Å². The summed E-state index contributed by atoms with van der Waals surface area (Å²) in [4.78, 5) is 13.4. The lowest BCUT2D eigenvalue weighted by Crippen LogP contribution is -2.30. The van der Waals surface area contributed by atoms with E-state index in [1.807, 2.05) is 24.7 Å². The Hall–Kier alpha value is -2.53. The first-order chi connectivity index (χ1) is 12.7. The van der Waals surface area contributed by atoms with Crippen molar-refractivity contribution in [2.75, 3.05) is 18.5 Å². The molecule has 1 aromatic carbocycles. The van der Waals surface area contributed by atoms with E-state index >= 15 is 0 Å². The van der Waals surface area contributed by atoms with Gasteiger partial charge in [0, 0.05) is 29.9 Å². The first-order valence-corrected chi connectivity index (χ1v) is 9.19. The highest BCUT2D eigenvalue weighted by Crippen LogP contribution is 2.25. The van der Waals surface area contributed by atoms with Crippen LogP contribution >= 0.6 is 0 Å². The lowest BCUT2D eigenvalue weighted by molar-refractivity contribution is 0.185. The van der Waals surface area contributed by atoms with Gasteiger partial charge in [-0.3, -0.25) is 4.98 Å². The molecule has 3 heterocycles. The molecular formula is C21H24N4O. The summed E-state index contributed by atoms with van der Waals surface area (Å²) in [6, 6.07) is 10.6. The Morgan fingerprint density at radius 3 is 2.69 bits per heavy atom. The average Bonchev–Trinajstić information content (AvgIpc) is 3.09. The van der Waals surface area contributed by atoms with Crippen molar-refractivity contribution in [3.05, 3.63) is 60.0 Å². The van der Waals surface area contributed by atoms with E-state index in [1.165, 1.54) is 10.9 Å². The number of hydrogen-bond acceptors (Lipinski definition) is 5. The molecule has 134 valence electrons. The molecule has 0 amide bonds. The van der Waals surface area contributed by atoms with Crippen LogP contribution in [0.25, 0.3) is 10.9 Å². The van der Waals surface area contributed by atoms with Crippen LogP contribution in [0.3, 0.4) is 0 Å².